The number of carbonyl (C=O) groups is 2. The monoisotopic (exact) mass is 316 g/mol. The number of benzene rings is 1. The summed E-state index contributed by atoms with van der Waals surface area (Å²) in [4.78, 5) is 22.8. The maximum atomic E-state index is 11.9. The van der Waals surface area contributed by atoms with Crippen molar-refractivity contribution < 1.29 is 19.1 Å². The highest BCUT2D eigenvalue weighted by atomic mass is 35.5. The Balaban J connectivity index is 3.01. The summed E-state index contributed by atoms with van der Waals surface area (Å²) in [6.07, 6.45) is 2.03. The van der Waals surface area contributed by atoms with Crippen LogP contribution in [-0.4, -0.2) is 25.0 Å². The maximum Gasteiger partial charge on any atom is 0.330 e. The highest BCUT2D eigenvalue weighted by Gasteiger charge is 2.14. The molecule has 6 heteroatoms. The van der Waals surface area contributed by atoms with Crippen LogP contribution in [0, 0.1) is 0 Å². The zero-order chi connectivity index (χ0) is 15.3. The first-order valence-corrected chi connectivity index (χ1v) is 6.56. The Bertz CT molecular complexity index is 527. The first-order chi connectivity index (χ1) is 9.35. The Labute approximate surface area is 127 Å². The van der Waals surface area contributed by atoms with E-state index in [1.54, 1.807) is 0 Å². The molecule has 0 fully saturated rings. The van der Waals surface area contributed by atoms with E-state index in [-0.39, 0.29) is 21.7 Å². The minimum absolute atomic E-state index is 0.0919. The Morgan fingerprint density at radius 3 is 2.15 bits per heavy atom. The second kappa shape index (κ2) is 7.31. The summed E-state index contributed by atoms with van der Waals surface area (Å²) in [5.41, 5.74) is 0.260. The molecular weight excluding hydrogens is 303 g/mol. The number of hydrogen-bond donors (Lipinski definition) is 0. The van der Waals surface area contributed by atoms with Crippen molar-refractivity contribution in [2.75, 3.05) is 7.11 Å². The smallest absolute Gasteiger partial charge is 0.330 e. The lowest BCUT2D eigenvalue weighted by molar-refractivity contribution is -0.134. The molecule has 0 saturated heterocycles. The predicted octanol–water partition coefficient (Wildman–Crippen LogP) is 3.69. The van der Waals surface area contributed by atoms with Gasteiger partial charge in [-0.05, 0) is 32.1 Å². The molecule has 0 amide bonds. The van der Waals surface area contributed by atoms with E-state index in [2.05, 4.69) is 4.74 Å². The molecule has 0 aliphatic rings. The van der Waals surface area contributed by atoms with Crippen LogP contribution in [0.2, 0.25) is 10.0 Å². The number of halogens is 2. The summed E-state index contributed by atoms with van der Waals surface area (Å²) in [6.45, 7) is 3.68. The molecule has 1 rings (SSSR count). The predicted molar refractivity (Wildman–Crippen MR) is 77.7 cm³/mol. The van der Waals surface area contributed by atoms with E-state index >= 15 is 0 Å². The van der Waals surface area contributed by atoms with Gasteiger partial charge in [0.05, 0.1) is 23.3 Å². The molecule has 20 heavy (non-hydrogen) atoms. The van der Waals surface area contributed by atoms with Crippen LogP contribution in [0.1, 0.15) is 24.2 Å². The Kier molecular flexibility index (Phi) is 6.05. The third-order valence-corrected chi connectivity index (χ3v) is 2.77. The molecule has 0 atom stereocenters. The SMILES string of the molecule is COC(=O)/C=C/C(=O)c1cc(Cl)c(OC(C)C)c(Cl)c1. The van der Waals surface area contributed by atoms with Crippen molar-refractivity contribution in [2.24, 2.45) is 0 Å². The summed E-state index contributed by atoms with van der Waals surface area (Å²) >= 11 is 12.1. The molecule has 1 aromatic rings. The van der Waals surface area contributed by atoms with E-state index in [0.717, 1.165) is 12.2 Å². The van der Waals surface area contributed by atoms with E-state index in [1.807, 2.05) is 13.8 Å². The number of esters is 1. The molecule has 0 saturated carbocycles. The molecule has 1 aromatic carbocycles. The average Bonchev–Trinajstić information content (AvgIpc) is 2.39. The van der Waals surface area contributed by atoms with Gasteiger partial charge in [0.25, 0.3) is 0 Å². The van der Waals surface area contributed by atoms with Gasteiger partial charge in [0.1, 0.15) is 0 Å². The maximum absolute atomic E-state index is 11.9. The normalized spacial score (nSPS) is 10.9. The van der Waals surface area contributed by atoms with Crippen LogP contribution in [0.25, 0.3) is 0 Å². The van der Waals surface area contributed by atoms with Gasteiger partial charge in [-0.2, -0.15) is 0 Å². The summed E-state index contributed by atoms with van der Waals surface area (Å²) in [7, 11) is 1.23. The highest BCUT2D eigenvalue weighted by molar-refractivity contribution is 6.37. The molecule has 0 bridgehead atoms. The second-order valence-electron chi connectivity index (χ2n) is 4.16. The second-order valence-corrected chi connectivity index (χ2v) is 4.97. The lowest BCUT2D eigenvalue weighted by Gasteiger charge is -2.13. The van der Waals surface area contributed by atoms with Gasteiger partial charge in [-0.15, -0.1) is 0 Å². The van der Waals surface area contributed by atoms with Gasteiger partial charge in [0.15, 0.2) is 11.5 Å². The molecule has 0 aliphatic carbocycles. The van der Waals surface area contributed by atoms with E-state index in [0.29, 0.717) is 5.75 Å². The van der Waals surface area contributed by atoms with Gasteiger partial charge in [0.2, 0.25) is 0 Å². The van der Waals surface area contributed by atoms with Crippen molar-refractivity contribution in [3.63, 3.8) is 0 Å². The Morgan fingerprint density at radius 2 is 1.70 bits per heavy atom. The standard InChI is InChI=1S/C14H14Cl2O4/c1-8(2)20-14-10(15)6-9(7-11(14)16)12(17)4-5-13(18)19-3/h4-8H,1-3H3/b5-4+. The lowest BCUT2D eigenvalue weighted by Crippen LogP contribution is -2.07. The molecule has 0 heterocycles. The van der Waals surface area contributed by atoms with Gasteiger partial charge in [0, 0.05) is 11.6 Å². The molecule has 0 unspecified atom stereocenters. The molecule has 0 aromatic heterocycles. The van der Waals surface area contributed by atoms with Crippen LogP contribution < -0.4 is 4.74 Å². The van der Waals surface area contributed by atoms with Crippen molar-refractivity contribution in [3.8, 4) is 5.75 Å². The van der Waals surface area contributed by atoms with E-state index in [1.165, 1.54) is 19.2 Å². The third-order valence-electron chi connectivity index (χ3n) is 2.21. The number of carbonyl (C=O) groups excluding carboxylic acids is 2. The van der Waals surface area contributed by atoms with Crippen molar-refractivity contribution in [3.05, 3.63) is 39.9 Å². The van der Waals surface area contributed by atoms with Crippen LogP contribution in [0.3, 0.4) is 0 Å². The van der Waals surface area contributed by atoms with Crippen molar-refractivity contribution in [2.45, 2.75) is 20.0 Å². The number of hydrogen-bond acceptors (Lipinski definition) is 4. The molecule has 108 valence electrons. The van der Waals surface area contributed by atoms with Gasteiger partial charge < -0.3 is 9.47 Å². The third kappa shape index (κ3) is 4.54. The van der Waals surface area contributed by atoms with E-state index in [9.17, 15) is 9.59 Å². The molecule has 0 N–H and O–H groups in total. The van der Waals surface area contributed by atoms with Gasteiger partial charge in [-0.25, -0.2) is 4.79 Å². The van der Waals surface area contributed by atoms with Crippen LogP contribution >= 0.6 is 23.2 Å². The summed E-state index contributed by atoms with van der Waals surface area (Å²) in [5, 5.41) is 0.474. The molecule has 0 radical (unpaired) electrons. The van der Waals surface area contributed by atoms with Gasteiger partial charge in [-0.3, -0.25) is 4.79 Å². The number of ketones is 1. The van der Waals surface area contributed by atoms with Crippen molar-refractivity contribution >= 4 is 35.0 Å². The van der Waals surface area contributed by atoms with Gasteiger partial charge >= 0.3 is 5.97 Å². The number of rotatable bonds is 5. The zero-order valence-corrected chi connectivity index (χ0v) is 12.8. The molecule has 0 spiro atoms. The Morgan fingerprint density at radius 1 is 1.15 bits per heavy atom. The zero-order valence-electron chi connectivity index (χ0n) is 11.3. The summed E-state index contributed by atoms with van der Waals surface area (Å²) in [6, 6.07) is 2.88. The molecule has 0 aliphatic heterocycles. The average molecular weight is 317 g/mol. The van der Waals surface area contributed by atoms with Crippen LogP contribution in [0.15, 0.2) is 24.3 Å². The van der Waals surface area contributed by atoms with Crippen LogP contribution in [0.4, 0.5) is 0 Å². The van der Waals surface area contributed by atoms with Gasteiger partial charge in [-0.1, -0.05) is 23.2 Å². The van der Waals surface area contributed by atoms with Crippen molar-refractivity contribution in [1.82, 2.24) is 0 Å². The highest BCUT2D eigenvalue weighted by Crippen LogP contribution is 2.35. The fraction of sp³-hybridized carbons (Fsp3) is 0.286. The fourth-order valence-electron chi connectivity index (χ4n) is 1.36. The number of methoxy groups -OCH3 is 1. The summed E-state index contributed by atoms with van der Waals surface area (Å²) < 4.78 is 9.86. The fourth-order valence-corrected chi connectivity index (χ4v) is 1.93. The largest absolute Gasteiger partial charge is 0.488 e. The van der Waals surface area contributed by atoms with E-state index < -0.39 is 11.8 Å². The number of allylic oxidation sites excluding steroid dienone is 1. The topological polar surface area (TPSA) is 52.6 Å². The van der Waals surface area contributed by atoms with Crippen molar-refractivity contribution in [1.29, 1.82) is 0 Å². The minimum atomic E-state index is -0.615. The first-order valence-electron chi connectivity index (χ1n) is 5.81. The first kappa shape index (κ1) is 16.5. The van der Waals surface area contributed by atoms with E-state index in [4.69, 9.17) is 27.9 Å². The summed E-state index contributed by atoms with van der Waals surface area (Å²) in [5.74, 6) is -0.692. The molecule has 4 nitrogen and oxygen atoms in total. The molecular formula is C14H14Cl2O4. The lowest BCUT2D eigenvalue weighted by atomic mass is 10.1. The number of ether oxygens (including phenoxy) is 2. The Hall–Kier alpha value is -1.52. The van der Waals surface area contributed by atoms with Crippen LogP contribution in [0.5, 0.6) is 5.75 Å². The quantitative estimate of drug-likeness (QED) is 0.472. The minimum Gasteiger partial charge on any atom is -0.488 e. The van der Waals surface area contributed by atoms with Crippen LogP contribution in [-0.2, 0) is 9.53 Å².